The summed E-state index contributed by atoms with van der Waals surface area (Å²) < 4.78 is 0. The molecule has 0 aromatic carbocycles. The number of hydrogen-bond acceptors (Lipinski definition) is 1. The van der Waals surface area contributed by atoms with Crippen LogP contribution in [0.15, 0.2) is 0 Å². The van der Waals surface area contributed by atoms with Gasteiger partial charge >= 0.3 is 0 Å². The van der Waals surface area contributed by atoms with Crippen LogP contribution in [0.5, 0.6) is 0 Å². The van der Waals surface area contributed by atoms with Crippen molar-refractivity contribution in [2.45, 2.75) is 38.3 Å². The van der Waals surface area contributed by atoms with Crippen LogP contribution in [0.3, 0.4) is 0 Å². The zero-order chi connectivity index (χ0) is 5.56. The van der Waals surface area contributed by atoms with E-state index < -0.39 is 0 Å². The lowest BCUT2D eigenvalue weighted by Gasteiger charge is -2.17. The average Bonchev–Trinajstić information content (AvgIpc) is 2.23. The van der Waals surface area contributed by atoms with Crippen molar-refractivity contribution in [3.05, 3.63) is 0 Å². The van der Waals surface area contributed by atoms with Crippen molar-refractivity contribution in [2.75, 3.05) is 0 Å². The second-order valence-corrected chi connectivity index (χ2v) is 3.23. The molecule has 1 N–H and O–H groups in total. The molecule has 8 heavy (non-hydrogen) atoms. The fourth-order valence-electron chi connectivity index (χ4n) is 2.13. The maximum atomic E-state index is 3.55. The molecule has 1 saturated carbocycles. The Morgan fingerprint density at radius 1 is 1.38 bits per heavy atom. The molecule has 1 heteroatoms. The summed E-state index contributed by atoms with van der Waals surface area (Å²) in [4.78, 5) is 0. The first-order valence-electron chi connectivity index (χ1n) is 3.62. The zero-order valence-corrected chi connectivity index (χ0v) is 5.35. The molecule has 2 rings (SSSR count). The Bertz CT molecular complexity index is 98.6. The summed E-state index contributed by atoms with van der Waals surface area (Å²) in [6.45, 7) is 2.31. The van der Waals surface area contributed by atoms with Crippen LogP contribution >= 0.6 is 0 Å². The van der Waals surface area contributed by atoms with Gasteiger partial charge in [0, 0.05) is 12.1 Å². The van der Waals surface area contributed by atoms with Gasteiger partial charge in [-0.05, 0) is 32.1 Å². The van der Waals surface area contributed by atoms with Crippen molar-refractivity contribution in [1.29, 1.82) is 0 Å². The molecule has 0 aromatic rings. The molecule has 1 aliphatic heterocycles. The van der Waals surface area contributed by atoms with Gasteiger partial charge in [-0.2, -0.15) is 0 Å². The number of hydrogen-bond donors (Lipinski definition) is 1. The van der Waals surface area contributed by atoms with E-state index in [2.05, 4.69) is 12.2 Å². The number of fused-ring (bicyclic) bond motifs is 2. The largest absolute Gasteiger partial charge is 0.311 e. The van der Waals surface area contributed by atoms with E-state index in [1.54, 1.807) is 0 Å². The van der Waals surface area contributed by atoms with Gasteiger partial charge < -0.3 is 5.32 Å². The van der Waals surface area contributed by atoms with E-state index in [9.17, 15) is 0 Å². The molecule has 0 spiro atoms. The molecule has 2 aliphatic rings. The first kappa shape index (κ1) is 4.80. The third kappa shape index (κ3) is 0.510. The highest BCUT2D eigenvalue weighted by atomic mass is 15.0. The molecular formula is C7H13N. The van der Waals surface area contributed by atoms with E-state index >= 15 is 0 Å². The average molecular weight is 111 g/mol. The highest BCUT2D eigenvalue weighted by Gasteiger charge is 2.35. The van der Waals surface area contributed by atoms with Gasteiger partial charge in [-0.3, -0.25) is 0 Å². The maximum absolute atomic E-state index is 3.55. The standard InChI is InChI=1S/C7H13N/c1-5-6-2-3-7(4-6)8-5/h5-8H,2-4H2,1H3/t5?,6-,7+/m1/s1. The molecule has 3 atom stereocenters. The minimum Gasteiger partial charge on any atom is -0.311 e. The van der Waals surface area contributed by atoms with Crippen LogP contribution < -0.4 is 5.32 Å². The predicted molar refractivity (Wildman–Crippen MR) is 33.7 cm³/mol. The van der Waals surface area contributed by atoms with Crippen molar-refractivity contribution in [3.8, 4) is 0 Å². The van der Waals surface area contributed by atoms with Crippen molar-refractivity contribution < 1.29 is 0 Å². The molecule has 1 heterocycles. The Kier molecular flexibility index (Phi) is 0.884. The van der Waals surface area contributed by atoms with E-state index in [0.29, 0.717) is 0 Å². The third-order valence-electron chi connectivity index (χ3n) is 2.68. The topological polar surface area (TPSA) is 12.0 Å². The Labute approximate surface area is 50.5 Å². The van der Waals surface area contributed by atoms with Gasteiger partial charge in [-0.1, -0.05) is 0 Å². The minimum atomic E-state index is 0.828. The summed E-state index contributed by atoms with van der Waals surface area (Å²) in [5.41, 5.74) is 0. The van der Waals surface area contributed by atoms with Crippen molar-refractivity contribution >= 4 is 0 Å². The fraction of sp³-hybridized carbons (Fsp3) is 1.00. The van der Waals surface area contributed by atoms with Crippen LogP contribution in [0.1, 0.15) is 26.2 Å². The summed E-state index contributed by atoms with van der Waals surface area (Å²) in [6.07, 6.45) is 4.38. The molecule has 1 saturated heterocycles. The molecule has 1 nitrogen and oxygen atoms in total. The van der Waals surface area contributed by atoms with Gasteiger partial charge in [0.2, 0.25) is 0 Å². The molecule has 0 radical (unpaired) electrons. The first-order valence-corrected chi connectivity index (χ1v) is 3.62. The summed E-state index contributed by atoms with van der Waals surface area (Å²) in [5, 5.41) is 3.55. The Morgan fingerprint density at radius 3 is 2.50 bits per heavy atom. The lowest BCUT2D eigenvalue weighted by molar-refractivity contribution is 0.405. The van der Waals surface area contributed by atoms with E-state index in [0.717, 1.165) is 18.0 Å². The van der Waals surface area contributed by atoms with Crippen molar-refractivity contribution in [3.63, 3.8) is 0 Å². The third-order valence-corrected chi connectivity index (χ3v) is 2.68. The lowest BCUT2D eigenvalue weighted by Crippen LogP contribution is -2.32. The Balaban J connectivity index is 2.11. The molecule has 2 fully saturated rings. The van der Waals surface area contributed by atoms with Crippen LogP contribution in [0, 0.1) is 5.92 Å². The molecule has 46 valence electrons. The smallest absolute Gasteiger partial charge is 0.00729 e. The van der Waals surface area contributed by atoms with Gasteiger partial charge in [-0.25, -0.2) is 0 Å². The van der Waals surface area contributed by atoms with E-state index in [1.165, 1.54) is 19.3 Å². The first-order chi connectivity index (χ1) is 3.86. The molecule has 1 unspecified atom stereocenters. The van der Waals surface area contributed by atoms with E-state index in [-0.39, 0.29) is 0 Å². The Morgan fingerprint density at radius 2 is 2.25 bits per heavy atom. The minimum absolute atomic E-state index is 0.828. The second kappa shape index (κ2) is 1.47. The molecule has 0 aromatic heterocycles. The van der Waals surface area contributed by atoms with Gasteiger partial charge in [0.25, 0.3) is 0 Å². The number of rotatable bonds is 0. The van der Waals surface area contributed by atoms with Gasteiger partial charge in [0.15, 0.2) is 0 Å². The van der Waals surface area contributed by atoms with Crippen LogP contribution in [0.4, 0.5) is 0 Å². The lowest BCUT2D eigenvalue weighted by atomic mass is 10.0. The monoisotopic (exact) mass is 111 g/mol. The summed E-state index contributed by atoms with van der Waals surface area (Å²) >= 11 is 0. The Hall–Kier alpha value is -0.0400. The van der Waals surface area contributed by atoms with Crippen LogP contribution in [-0.2, 0) is 0 Å². The number of nitrogens with one attached hydrogen (secondary N) is 1. The second-order valence-electron chi connectivity index (χ2n) is 3.23. The van der Waals surface area contributed by atoms with Gasteiger partial charge in [-0.15, -0.1) is 0 Å². The summed E-state index contributed by atoms with van der Waals surface area (Å²) in [6, 6.07) is 1.73. The van der Waals surface area contributed by atoms with Crippen LogP contribution in [-0.4, -0.2) is 12.1 Å². The summed E-state index contributed by atoms with van der Waals surface area (Å²) in [5.74, 6) is 1.03. The molecular weight excluding hydrogens is 98.1 g/mol. The number of piperidine rings is 1. The molecule has 0 amide bonds. The molecule has 2 bridgehead atoms. The summed E-state index contributed by atoms with van der Waals surface area (Å²) in [7, 11) is 0. The predicted octanol–water partition coefficient (Wildman–Crippen LogP) is 1.15. The fourth-order valence-corrected chi connectivity index (χ4v) is 2.13. The van der Waals surface area contributed by atoms with Crippen molar-refractivity contribution in [2.24, 2.45) is 5.92 Å². The quantitative estimate of drug-likeness (QED) is 0.494. The highest BCUT2D eigenvalue weighted by molar-refractivity contribution is 4.94. The SMILES string of the molecule is CC1N[C@H]2CC[C@@H]1C2. The normalized spacial score (nSPS) is 52.9. The molecule has 1 aliphatic carbocycles. The van der Waals surface area contributed by atoms with Gasteiger partial charge in [0.1, 0.15) is 0 Å². The van der Waals surface area contributed by atoms with Crippen LogP contribution in [0.2, 0.25) is 0 Å². The maximum Gasteiger partial charge on any atom is 0.00729 e. The zero-order valence-electron chi connectivity index (χ0n) is 5.35. The van der Waals surface area contributed by atoms with E-state index in [1.807, 2.05) is 0 Å². The highest BCUT2D eigenvalue weighted by Crippen LogP contribution is 2.34. The van der Waals surface area contributed by atoms with Crippen molar-refractivity contribution in [1.82, 2.24) is 5.32 Å². The van der Waals surface area contributed by atoms with Gasteiger partial charge in [0.05, 0.1) is 0 Å². The van der Waals surface area contributed by atoms with E-state index in [4.69, 9.17) is 0 Å². The van der Waals surface area contributed by atoms with Crippen LogP contribution in [0.25, 0.3) is 0 Å².